The van der Waals surface area contributed by atoms with E-state index in [1.807, 2.05) is 19.1 Å². The Labute approximate surface area is 107 Å². The predicted octanol–water partition coefficient (Wildman–Crippen LogP) is 3.62. The van der Waals surface area contributed by atoms with E-state index in [1.165, 1.54) is 4.70 Å². The van der Waals surface area contributed by atoms with E-state index in [0.717, 1.165) is 27.0 Å². The number of imidazole rings is 1. The molecule has 0 aliphatic carbocycles. The molecule has 0 aliphatic rings. The number of thioether (sulfide) groups is 1. The van der Waals surface area contributed by atoms with Gasteiger partial charge in [-0.3, -0.25) is 0 Å². The quantitative estimate of drug-likeness (QED) is 0.732. The molecule has 0 aliphatic heterocycles. The molecule has 1 aromatic carbocycles. The molecule has 2 aromatic heterocycles. The van der Waals surface area contributed by atoms with Gasteiger partial charge in [0.05, 0.1) is 22.2 Å². The summed E-state index contributed by atoms with van der Waals surface area (Å²) in [5.41, 5.74) is 3.33. The first-order chi connectivity index (χ1) is 8.33. The molecule has 0 saturated heterocycles. The Morgan fingerprint density at radius 3 is 3.00 bits per heavy atom. The van der Waals surface area contributed by atoms with Crippen LogP contribution in [0.1, 0.15) is 11.4 Å². The number of fused-ring (bicyclic) bond motifs is 1. The smallest absolute Gasteiger partial charge is 0.151 e. The van der Waals surface area contributed by atoms with E-state index in [-0.39, 0.29) is 0 Å². The molecule has 0 saturated carbocycles. The lowest BCUT2D eigenvalue weighted by Gasteiger charge is -1.94. The maximum atomic E-state index is 4.59. The standard InChI is InChI=1S/C12H11N3S2/c1-8-10(14-7-13-8)6-16-12-15-9-4-2-3-5-11(9)17-12/h2-5,7H,6H2,1H3,(H,13,14). The number of H-pyrrole nitrogens is 1. The molecule has 0 amide bonds. The third kappa shape index (κ3) is 2.21. The van der Waals surface area contributed by atoms with Gasteiger partial charge in [-0.1, -0.05) is 23.9 Å². The van der Waals surface area contributed by atoms with Crippen LogP contribution in [-0.2, 0) is 5.75 Å². The van der Waals surface area contributed by atoms with Crippen LogP contribution in [0.5, 0.6) is 0 Å². The maximum Gasteiger partial charge on any atom is 0.151 e. The van der Waals surface area contributed by atoms with Gasteiger partial charge in [-0.25, -0.2) is 9.97 Å². The Kier molecular flexibility index (Phi) is 2.86. The molecule has 86 valence electrons. The van der Waals surface area contributed by atoms with E-state index in [1.54, 1.807) is 29.4 Å². The molecule has 5 heteroatoms. The second-order valence-corrected chi connectivity index (χ2v) is 5.96. The first kappa shape index (κ1) is 10.8. The van der Waals surface area contributed by atoms with E-state index in [2.05, 4.69) is 27.1 Å². The minimum absolute atomic E-state index is 0.870. The minimum atomic E-state index is 0.870. The highest BCUT2D eigenvalue weighted by Gasteiger charge is 2.06. The van der Waals surface area contributed by atoms with E-state index in [4.69, 9.17) is 0 Å². The number of hydrogen-bond donors (Lipinski definition) is 1. The summed E-state index contributed by atoms with van der Waals surface area (Å²) in [6.45, 7) is 2.04. The van der Waals surface area contributed by atoms with Crippen LogP contribution in [0.4, 0.5) is 0 Å². The van der Waals surface area contributed by atoms with Crippen molar-refractivity contribution in [3.8, 4) is 0 Å². The van der Waals surface area contributed by atoms with Gasteiger partial charge in [0, 0.05) is 11.4 Å². The number of benzene rings is 1. The number of para-hydroxylation sites is 1. The van der Waals surface area contributed by atoms with E-state index in [0.29, 0.717) is 0 Å². The number of hydrogen-bond acceptors (Lipinski definition) is 4. The highest BCUT2D eigenvalue weighted by Crippen LogP contribution is 2.31. The summed E-state index contributed by atoms with van der Waals surface area (Å²) >= 11 is 3.48. The molecular formula is C12H11N3S2. The normalized spacial score (nSPS) is 11.1. The van der Waals surface area contributed by atoms with Crippen molar-refractivity contribution < 1.29 is 0 Å². The van der Waals surface area contributed by atoms with Gasteiger partial charge in [0.15, 0.2) is 4.34 Å². The van der Waals surface area contributed by atoms with Crippen LogP contribution in [0, 0.1) is 6.92 Å². The monoisotopic (exact) mass is 261 g/mol. The third-order valence-electron chi connectivity index (χ3n) is 2.54. The van der Waals surface area contributed by atoms with Crippen molar-refractivity contribution in [1.29, 1.82) is 0 Å². The van der Waals surface area contributed by atoms with E-state index >= 15 is 0 Å². The Morgan fingerprint density at radius 1 is 1.35 bits per heavy atom. The lowest BCUT2D eigenvalue weighted by atomic mass is 10.3. The van der Waals surface area contributed by atoms with Crippen LogP contribution in [0.15, 0.2) is 34.9 Å². The van der Waals surface area contributed by atoms with Crippen molar-refractivity contribution in [2.45, 2.75) is 17.0 Å². The summed E-state index contributed by atoms with van der Waals surface area (Å²) in [6.07, 6.45) is 1.74. The van der Waals surface area contributed by atoms with Crippen molar-refractivity contribution in [3.63, 3.8) is 0 Å². The van der Waals surface area contributed by atoms with Crippen LogP contribution >= 0.6 is 23.1 Å². The second-order valence-electron chi connectivity index (χ2n) is 3.71. The largest absolute Gasteiger partial charge is 0.348 e. The average Bonchev–Trinajstić information content (AvgIpc) is 2.92. The number of rotatable bonds is 3. The zero-order valence-corrected chi connectivity index (χ0v) is 10.9. The molecular weight excluding hydrogens is 250 g/mol. The molecule has 3 rings (SSSR count). The Balaban J connectivity index is 1.79. The topological polar surface area (TPSA) is 41.6 Å². The first-order valence-electron chi connectivity index (χ1n) is 5.30. The van der Waals surface area contributed by atoms with Crippen LogP contribution in [-0.4, -0.2) is 15.0 Å². The van der Waals surface area contributed by atoms with E-state index < -0.39 is 0 Å². The van der Waals surface area contributed by atoms with Crippen molar-refractivity contribution in [3.05, 3.63) is 42.0 Å². The molecule has 0 bridgehead atoms. The maximum absolute atomic E-state index is 4.59. The Morgan fingerprint density at radius 2 is 2.24 bits per heavy atom. The van der Waals surface area contributed by atoms with Crippen molar-refractivity contribution >= 4 is 33.3 Å². The van der Waals surface area contributed by atoms with E-state index in [9.17, 15) is 0 Å². The minimum Gasteiger partial charge on any atom is -0.348 e. The number of aromatic amines is 1. The lowest BCUT2D eigenvalue weighted by molar-refractivity contribution is 1.18. The van der Waals surface area contributed by atoms with Gasteiger partial charge in [-0.2, -0.15) is 0 Å². The summed E-state index contributed by atoms with van der Waals surface area (Å²) in [7, 11) is 0. The van der Waals surface area contributed by atoms with Gasteiger partial charge < -0.3 is 4.98 Å². The summed E-state index contributed by atoms with van der Waals surface area (Å²) < 4.78 is 2.35. The highest BCUT2D eigenvalue weighted by molar-refractivity contribution is 8.00. The predicted molar refractivity (Wildman–Crippen MR) is 72.5 cm³/mol. The molecule has 3 nitrogen and oxygen atoms in total. The Bertz CT molecular complexity index is 609. The fourth-order valence-corrected chi connectivity index (χ4v) is 3.67. The Hall–Kier alpha value is -1.33. The zero-order valence-electron chi connectivity index (χ0n) is 9.30. The fraction of sp³-hybridized carbons (Fsp3) is 0.167. The van der Waals surface area contributed by atoms with Crippen LogP contribution in [0.2, 0.25) is 0 Å². The van der Waals surface area contributed by atoms with Crippen molar-refractivity contribution in [2.24, 2.45) is 0 Å². The van der Waals surface area contributed by atoms with Gasteiger partial charge in [-0.15, -0.1) is 11.3 Å². The summed E-state index contributed by atoms with van der Waals surface area (Å²) in [6, 6.07) is 8.23. The SMILES string of the molecule is Cc1[nH]cnc1CSc1nc2ccccc2s1. The van der Waals surface area contributed by atoms with Gasteiger partial charge in [0.1, 0.15) is 0 Å². The van der Waals surface area contributed by atoms with Crippen LogP contribution < -0.4 is 0 Å². The molecule has 17 heavy (non-hydrogen) atoms. The number of aromatic nitrogens is 3. The number of aryl methyl sites for hydroxylation is 1. The van der Waals surface area contributed by atoms with Crippen LogP contribution in [0.3, 0.4) is 0 Å². The highest BCUT2D eigenvalue weighted by atomic mass is 32.2. The lowest BCUT2D eigenvalue weighted by Crippen LogP contribution is -1.83. The molecule has 0 spiro atoms. The van der Waals surface area contributed by atoms with Gasteiger partial charge >= 0.3 is 0 Å². The van der Waals surface area contributed by atoms with Crippen molar-refractivity contribution in [1.82, 2.24) is 15.0 Å². The zero-order chi connectivity index (χ0) is 11.7. The third-order valence-corrected chi connectivity index (χ3v) is 4.73. The summed E-state index contributed by atoms with van der Waals surface area (Å²) in [5, 5.41) is 0. The number of nitrogens with zero attached hydrogens (tertiary/aromatic N) is 2. The van der Waals surface area contributed by atoms with Gasteiger partial charge in [0.25, 0.3) is 0 Å². The fourth-order valence-electron chi connectivity index (χ4n) is 1.58. The number of nitrogens with one attached hydrogen (secondary N) is 1. The molecule has 1 N–H and O–H groups in total. The molecule has 0 unspecified atom stereocenters. The number of thiazole rings is 1. The molecule has 0 radical (unpaired) electrons. The molecule has 2 heterocycles. The summed E-state index contributed by atoms with van der Waals surface area (Å²) in [5.74, 6) is 0.870. The average molecular weight is 261 g/mol. The van der Waals surface area contributed by atoms with Gasteiger partial charge in [-0.05, 0) is 19.1 Å². The molecule has 0 fully saturated rings. The summed E-state index contributed by atoms with van der Waals surface area (Å²) in [4.78, 5) is 12.0. The molecule has 0 atom stereocenters. The van der Waals surface area contributed by atoms with Crippen molar-refractivity contribution in [2.75, 3.05) is 0 Å². The molecule has 3 aromatic rings. The van der Waals surface area contributed by atoms with Gasteiger partial charge in [0.2, 0.25) is 0 Å². The first-order valence-corrected chi connectivity index (χ1v) is 7.10. The second kappa shape index (κ2) is 4.50. The van der Waals surface area contributed by atoms with Crippen LogP contribution in [0.25, 0.3) is 10.2 Å².